The van der Waals surface area contributed by atoms with Crippen molar-refractivity contribution in [2.75, 3.05) is 14.2 Å². The Hall–Kier alpha value is -1.09. The average molecular weight is 238 g/mol. The SMILES string of the molecule is CC[C@H](/C=C/C(=O)OC)[C@@H](OC)C1=CCCC1. The highest BCUT2D eigenvalue weighted by atomic mass is 16.5. The van der Waals surface area contributed by atoms with Crippen molar-refractivity contribution in [1.82, 2.24) is 0 Å². The second-order valence-corrected chi connectivity index (χ2v) is 4.28. The second kappa shape index (κ2) is 7.28. The maximum Gasteiger partial charge on any atom is 0.330 e. The summed E-state index contributed by atoms with van der Waals surface area (Å²) in [7, 11) is 3.12. The third-order valence-electron chi connectivity index (χ3n) is 3.24. The number of hydrogen-bond donors (Lipinski definition) is 0. The molecule has 2 atom stereocenters. The third kappa shape index (κ3) is 4.00. The summed E-state index contributed by atoms with van der Waals surface area (Å²) in [4.78, 5) is 11.1. The molecule has 1 aliphatic carbocycles. The fraction of sp³-hybridized carbons (Fsp3) is 0.643. The Balaban J connectivity index is 2.69. The molecule has 0 aromatic carbocycles. The van der Waals surface area contributed by atoms with Gasteiger partial charge in [-0.2, -0.15) is 0 Å². The van der Waals surface area contributed by atoms with Crippen LogP contribution in [0.4, 0.5) is 0 Å². The van der Waals surface area contributed by atoms with Gasteiger partial charge in [0.2, 0.25) is 0 Å². The quantitative estimate of drug-likeness (QED) is 0.405. The maximum absolute atomic E-state index is 11.1. The fourth-order valence-electron chi connectivity index (χ4n) is 2.28. The molecule has 1 aliphatic rings. The van der Waals surface area contributed by atoms with Crippen molar-refractivity contribution < 1.29 is 14.3 Å². The number of hydrogen-bond acceptors (Lipinski definition) is 3. The highest BCUT2D eigenvalue weighted by Crippen LogP contribution is 2.29. The summed E-state index contributed by atoms with van der Waals surface area (Å²) in [5.41, 5.74) is 1.37. The minimum Gasteiger partial charge on any atom is -0.466 e. The first-order valence-corrected chi connectivity index (χ1v) is 6.20. The standard InChI is InChI=1S/C14H22O3/c1-4-11(9-10-13(15)16-2)14(17-3)12-7-5-6-8-12/h7,9-11,14H,4-6,8H2,1-3H3/b10-9+/t11-,14-/m1/s1. The molecule has 96 valence electrons. The van der Waals surface area contributed by atoms with Crippen LogP contribution in [0.25, 0.3) is 0 Å². The molecule has 0 aliphatic heterocycles. The van der Waals surface area contributed by atoms with E-state index in [9.17, 15) is 4.79 Å². The molecule has 0 bridgehead atoms. The molecule has 0 unspecified atom stereocenters. The van der Waals surface area contributed by atoms with Crippen LogP contribution in [-0.2, 0) is 14.3 Å². The predicted molar refractivity (Wildman–Crippen MR) is 67.7 cm³/mol. The van der Waals surface area contributed by atoms with Gasteiger partial charge in [0.25, 0.3) is 0 Å². The summed E-state index contributed by atoms with van der Waals surface area (Å²) in [6.07, 6.45) is 10.2. The highest BCUT2D eigenvalue weighted by Gasteiger charge is 2.23. The first-order valence-electron chi connectivity index (χ1n) is 6.20. The largest absolute Gasteiger partial charge is 0.466 e. The number of carbonyl (C=O) groups is 1. The van der Waals surface area contributed by atoms with E-state index in [0.29, 0.717) is 0 Å². The number of rotatable bonds is 6. The zero-order valence-corrected chi connectivity index (χ0v) is 10.9. The van der Waals surface area contributed by atoms with Crippen molar-refractivity contribution >= 4 is 5.97 Å². The molecular weight excluding hydrogens is 216 g/mol. The van der Waals surface area contributed by atoms with Crippen LogP contribution in [0.1, 0.15) is 32.6 Å². The van der Waals surface area contributed by atoms with Crippen molar-refractivity contribution in [3.63, 3.8) is 0 Å². The molecule has 0 amide bonds. The Labute approximate surface area is 103 Å². The Morgan fingerprint density at radius 1 is 1.53 bits per heavy atom. The summed E-state index contributed by atoms with van der Waals surface area (Å²) in [5, 5.41) is 0. The second-order valence-electron chi connectivity index (χ2n) is 4.28. The first-order chi connectivity index (χ1) is 8.22. The van der Waals surface area contributed by atoms with Gasteiger partial charge in [0.05, 0.1) is 13.2 Å². The molecule has 0 spiro atoms. The monoisotopic (exact) mass is 238 g/mol. The predicted octanol–water partition coefficient (Wildman–Crippen LogP) is 2.87. The van der Waals surface area contributed by atoms with Crippen LogP contribution in [0.2, 0.25) is 0 Å². The zero-order chi connectivity index (χ0) is 12.7. The van der Waals surface area contributed by atoms with Crippen LogP contribution in [-0.4, -0.2) is 26.3 Å². The van der Waals surface area contributed by atoms with Crippen LogP contribution < -0.4 is 0 Å². The Bertz CT molecular complexity index is 305. The molecule has 0 fully saturated rings. The van der Waals surface area contributed by atoms with Gasteiger partial charge in [0.1, 0.15) is 0 Å². The lowest BCUT2D eigenvalue weighted by Gasteiger charge is -2.23. The topological polar surface area (TPSA) is 35.5 Å². The fourth-order valence-corrected chi connectivity index (χ4v) is 2.28. The van der Waals surface area contributed by atoms with Gasteiger partial charge in [-0.1, -0.05) is 19.1 Å². The van der Waals surface area contributed by atoms with Crippen LogP contribution in [0.3, 0.4) is 0 Å². The minimum atomic E-state index is -0.307. The van der Waals surface area contributed by atoms with Crippen LogP contribution >= 0.6 is 0 Å². The molecule has 0 aromatic rings. The maximum atomic E-state index is 11.1. The van der Waals surface area contributed by atoms with E-state index in [-0.39, 0.29) is 18.0 Å². The van der Waals surface area contributed by atoms with Crippen molar-refractivity contribution in [2.45, 2.75) is 38.7 Å². The van der Waals surface area contributed by atoms with Gasteiger partial charge in [0, 0.05) is 19.1 Å². The van der Waals surface area contributed by atoms with Crippen LogP contribution in [0.15, 0.2) is 23.8 Å². The highest BCUT2D eigenvalue weighted by molar-refractivity contribution is 5.81. The first kappa shape index (κ1) is 14.0. The smallest absolute Gasteiger partial charge is 0.330 e. The summed E-state index contributed by atoms with van der Waals surface area (Å²) in [6.45, 7) is 2.10. The van der Waals surface area contributed by atoms with Gasteiger partial charge in [-0.3, -0.25) is 0 Å². The normalized spacial score (nSPS) is 19.1. The molecule has 0 saturated heterocycles. The number of methoxy groups -OCH3 is 2. The van der Waals surface area contributed by atoms with Crippen LogP contribution in [0.5, 0.6) is 0 Å². The van der Waals surface area contributed by atoms with Gasteiger partial charge < -0.3 is 9.47 Å². The minimum absolute atomic E-state index is 0.100. The summed E-state index contributed by atoms with van der Waals surface area (Å²) in [6, 6.07) is 0. The van der Waals surface area contributed by atoms with Gasteiger partial charge in [-0.05, 0) is 31.3 Å². The van der Waals surface area contributed by atoms with E-state index in [1.54, 1.807) is 7.11 Å². The van der Waals surface area contributed by atoms with Crippen molar-refractivity contribution in [3.05, 3.63) is 23.8 Å². The van der Waals surface area contributed by atoms with Crippen LogP contribution in [0, 0.1) is 5.92 Å². The number of esters is 1. The number of carbonyl (C=O) groups excluding carboxylic acids is 1. The molecule has 0 N–H and O–H groups in total. The van der Waals surface area contributed by atoms with E-state index >= 15 is 0 Å². The summed E-state index contributed by atoms with van der Waals surface area (Å²) >= 11 is 0. The average Bonchev–Trinajstić information content (AvgIpc) is 2.87. The molecule has 0 aromatic heterocycles. The lowest BCUT2D eigenvalue weighted by molar-refractivity contribution is -0.134. The van der Waals surface area contributed by atoms with Crippen molar-refractivity contribution in [3.8, 4) is 0 Å². The molecule has 3 nitrogen and oxygen atoms in total. The third-order valence-corrected chi connectivity index (χ3v) is 3.24. The van der Waals surface area contributed by atoms with E-state index in [4.69, 9.17) is 4.74 Å². The van der Waals surface area contributed by atoms with E-state index in [2.05, 4.69) is 17.7 Å². The molecule has 0 heterocycles. The van der Waals surface area contributed by atoms with Gasteiger partial charge in [0.15, 0.2) is 0 Å². The lowest BCUT2D eigenvalue weighted by atomic mass is 9.92. The molecule has 17 heavy (non-hydrogen) atoms. The molecule has 0 radical (unpaired) electrons. The van der Waals surface area contributed by atoms with E-state index < -0.39 is 0 Å². The molecule has 3 heteroatoms. The van der Waals surface area contributed by atoms with Gasteiger partial charge in [-0.25, -0.2) is 4.79 Å². The Morgan fingerprint density at radius 3 is 2.76 bits per heavy atom. The lowest BCUT2D eigenvalue weighted by Crippen LogP contribution is -2.23. The Morgan fingerprint density at radius 2 is 2.29 bits per heavy atom. The van der Waals surface area contributed by atoms with E-state index in [0.717, 1.165) is 19.3 Å². The summed E-state index contributed by atoms with van der Waals surface area (Å²) < 4.78 is 10.2. The van der Waals surface area contributed by atoms with E-state index in [1.807, 2.05) is 6.08 Å². The molecule has 1 rings (SSSR count). The van der Waals surface area contributed by atoms with Crippen molar-refractivity contribution in [2.24, 2.45) is 5.92 Å². The number of ether oxygens (including phenoxy) is 2. The molecular formula is C14H22O3. The van der Waals surface area contributed by atoms with Gasteiger partial charge in [-0.15, -0.1) is 0 Å². The van der Waals surface area contributed by atoms with Crippen molar-refractivity contribution in [1.29, 1.82) is 0 Å². The summed E-state index contributed by atoms with van der Waals surface area (Å²) in [5.74, 6) is -0.0674. The van der Waals surface area contributed by atoms with E-state index in [1.165, 1.54) is 25.2 Å². The molecule has 0 saturated carbocycles. The Kier molecular flexibility index (Phi) is 5.98. The number of allylic oxidation sites excluding steroid dienone is 1. The zero-order valence-electron chi connectivity index (χ0n) is 10.9. The van der Waals surface area contributed by atoms with Gasteiger partial charge >= 0.3 is 5.97 Å².